The molecule has 0 aromatic carbocycles. The molecule has 0 aliphatic rings. The minimum Gasteiger partial charge on any atom is -0.383 e. The fourth-order valence-corrected chi connectivity index (χ4v) is 2.25. The van der Waals surface area contributed by atoms with Crippen LogP contribution in [-0.4, -0.2) is 31.8 Å². The molecule has 98 valence electrons. The molecule has 16 heavy (non-hydrogen) atoms. The van der Waals surface area contributed by atoms with E-state index >= 15 is 0 Å². The van der Waals surface area contributed by atoms with E-state index in [-0.39, 0.29) is 12.5 Å². The van der Waals surface area contributed by atoms with Crippen LogP contribution < -0.4 is 5.14 Å². The zero-order chi connectivity index (χ0) is 13.2. The maximum Gasteiger partial charge on any atom is 0.214 e. The number of ether oxygens (including phenoxy) is 1. The van der Waals surface area contributed by atoms with E-state index in [0.29, 0.717) is 6.42 Å². The average Bonchev–Trinajstić information content (AvgIpc) is 2.13. The molecule has 0 saturated heterocycles. The van der Waals surface area contributed by atoms with Gasteiger partial charge in [0.1, 0.15) is 5.25 Å². The van der Waals surface area contributed by atoms with Gasteiger partial charge in [-0.25, -0.2) is 13.6 Å². The van der Waals surface area contributed by atoms with Crippen LogP contribution >= 0.6 is 22.6 Å². The number of halogens is 1. The molecule has 2 atom stereocenters. The van der Waals surface area contributed by atoms with Gasteiger partial charge < -0.3 is 4.74 Å². The summed E-state index contributed by atoms with van der Waals surface area (Å²) in [7, 11) is -2.06. The van der Waals surface area contributed by atoms with Gasteiger partial charge >= 0.3 is 0 Å². The summed E-state index contributed by atoms with van der Waals surface area (Å²) in [6.45, 7) is 7.61. The van der Waals surface area contributed by atoms with Crippen LogP contribution in [-0.2, 0) is 14.8 Å². The molecule has 0 aliphatic carbocycles. The van der Waals surface area contributed by atoms with Gasteiger partial charge in [-0.3, -0.25) is 0 Å². The molecule has 0 spiro atoms. The van der Waals surface area contributed by atoms with Crippen molar-refractivity contribution in [3.63, 3.8) is 0 Å². The number of sulfonamides is 1. The minimum atomic E-state index is -3.52. The summed E-state index contributed by atoms with van der Waals surface area (Å²) in [6.07, 6.45) is 2.29. The van der Waals surface area contributed by atoms with Gasteiger partial charge in [0.2, 0.25) is 10.0 Å². The molecule has 0 fully saturated rings. The third kappa shape index (κ3) is 9.56. The first-order chi connectivity index (χ1) is 7.34. The molecule has 0 aromatic heterocycles. The molecule has 0 amide bonds. The van der Waals surface area contributed by atoms with Crippen molar-refractivity contribution in [1.29, 1.82) is 0 Å². The largest absolute Gasteiger partial charge is 0.383 e. The van der Waals surface area contributed by atoms with Gasteiger partial charge in [-0.2, -0.15) is 0 Å². The second-order valence-electron chi connectivity index (χ2n) is 3.35. The van der Waals surface area contributed by atoms with Crippen LogP contribution in [0.15, 0.2) is 12.7 Å². The summed E-state index contributed by atoms with van der Waals surface area (Å²) in [4.78, 5) is 0. The summed E-state index contributed by atoms with van der Waals surface area (Å²) in [6, 6.07) is 0. The molecule has 0 heterocycles. The maximum atomic E-state index is 11.1. The summed E-state index contributed by atoms with van der Waals surface area (Å²) < 4.78 is 28.2. The second-order valence-corrected chi connectivity index (χ2v) is 6.66. The Morgan fingerprint density at radius 3 is 2.25 bits per heavy atom. The van der Waals surface area contributed by atoms with Crippen molar-refractivity contribution >= 4 is 32.6 Å². The maximum absolute atomic E-state index is 11.1. The highest BCUT2D eigenvalue weighted by atomic mass is 127. The van der Waals surface area contributed by atoms with Gasteiger partial charge in [-0.05, 0) is 16.8 Å². The zero-order valence-electron chi connectivity index (χ0n) is 10.1. The number of allylic oxidation sites excluding steroid dienone is 1. The van der Waals surface area contributed by atoms with Gasteiger partial charge in [-0.1, -0.05) is 42.5 Å². The predicted molar refractivity (Wildman–Crippen MR) is 77.3 cm³/mol. The first kappa shape index (κ1) is 18.7. The number of alkyl halides is 1. The quantitative estimate of drug-likeness (QED) is 0.446. The number of hydrogen-bond donors (Lipinski definition) is 1. The second kappa shape index (κ2) is 10.5. The number of methoxy groups -OCH3 is 1. The zero-order valence-corrected chi connectivity index (χ0v) is 13.1. The van der Waals surface area contributed by atoms with Crippen LogP contribution in [0.3, 0.4) is 0 Å². The fourth-order valence-electron chi connectivity index (χ4n) is 1.16. The third-order valence-corrected chi connectivity index (χ3v) is 3.37. The van der Waals surface area contributed by atoms with Gasteiger partial charge in [0.25, 0.3) is 0 Å². The van der Waals surface area contributed by atoms with E-state index in [0.717, 1.165) is 0 Å². The fraction of sp³-hybridized carbons (Fsp3) is 0.800. The minimum absolute atomic E-state index is 0.0625. The van der Waals surface area contributed by atoms with Gasteiger partial charge in [0, 0.05) is 7.11 Å². The topological polar surface area (TPSA) is 69.4 Å². The summed E-state index contributed by atoms with van der Waals surface area (Å²) in [5.41, 5.74) is 0. The first-order valence-electron chi connectivity index (χ1n) is 5.02. The van der Waals surface area contributed by atoms with Crippen molar-refractivity contribution in [3.8, 4) is 0 Å². The SMILES string of the molecule is C=CC[C@H](C)[C@@H](COC)S(N)(=O)=O.CCI. The molecule has 0 saturated carbocycles. The van der Waals surface area contributed by atoms with E-state index in [1.165, 1.54) is 11.5 Å². The van der Waals surface area contributed by atoms with E-state index in [2.05, 4.69) is 36.1 Å². The molecule has 0 rings (SSSR count). The summed E-state index contributed by atoms with van der Waals surface area (Å²) in [5, 5.41) is 4.41. The average molecular weight is 363 g/mol. The number of primary sulfonamides is 1. The lowest BCUT2D eigenvalue weighted by Crippen LogP contribution is -2.37. The van der Waals surface area contributed by atoms with E-state index in [1.54, 1.807) is 6.08 Å². The predicted octanol–water partition coefficient (Wildman–Crippen LogP) is 1.94. The smallest absolute Gasteiger partial charge is 0.214 e. The Hall–Kier alpha value is 0.340. The summed E-state index contributed by atoms with van der Waals surface area (Å²) in [5.74, 6) is -0.0625. The van der Waals surface area contributed by atoms with Crippen molar-refractivity contribution < 1.29 is 13.2 Å². The lowest BCUT2D eigenvalue weighted by Gasteiger charge is -2.19. The highest BCUT2D eigenvalue weighted by Crippen LogP contribution is 2.14. The highest BCUT2D eigenvalue weighted by Gasteiger charge is 2.26. The van der Waals surface area contributed by atoms with E-state index in [1.807, 2.05) is 6.92 Å². The lowest BCUT2D eigenvalue weighted by atomic mass is 10.0. The standard InChI is InChI=1S/C8H17NO3S.C2H5I/c1-4-5-7(2)8(6-12-3)13(9,10)11;1-2-3/h4,7-8H,1,5-6H2,2-3H3,(H2,9,10,11);2H2,1H3/t7-,8+;/m0./s1. The van der Waals surface area contributed by atoms with Gasteiger partial charge in [0.05, 0.1) is 6.61 Å². The molecule has 6 heteroatoms. The van der Waals surface area contributed by atoms with Crippen LogP contribution in [0.5, 0.6) is 0 Å². The van der Waals surface area contributed by atoms with Crippen molar-refractivity contribution in [2.45, 2.75) is 25.5 Å². The summed E-state index contributed by atoms with van der Waals surface area (Å²) >= 11 is 2.29. The van der Waals surface area contributed by atoms with Crippen molar-refractivity contribution in [2.24, 2.45) is 11.1 Å². The molecule has 0 radical (unpaired) electrons. The monoisotopic (exact) mass is 363 g/mol. The van der Waals surface area contributed by atoms with Crippen LogP contribution in [0.2, 0.25) is 0 Å². The Kier molecular flexibility index (Phi) is 12.3. The van der Waals surface area contributed by atoms with E-state index in [4.69, 9.17) is 9.88 Å². The Morgan fingerprint density at radius 1 is 1.56 bits per heavy atom. The first-order valence-corrected chi connectivity index (χ1v) is 8.15. The van der Waals surface area contributed by atoms with Crippen molar-refractivity contribution in [3.05, 3.63) is 12.7 Å². The molecule has 0 unspecified atom stereocenters. The molecular weight excluding hydrogens is 341 g/mol. The van der Waals surface area contributed by atoms with Gasteiger partial charge in [0.15, 0.2) is 0 Å². The number of rotatable bonds is 6. The Labute approximate surface area is 113 Å². The highest BCUT2D eigenvalue weighted by molar-refractivity contribution is 14.1. The number of nitrogens with two attached hydrogens (primary N) is 1. The number of hydrogen-bond acceptors (Lipinski definition) is 3. The third-order valence-electron chi connectivity index (χ3n) is 1.93. The Morgan fingerprint density at radius 2 is 2.00 bits per heavy atom. The lowest BCUT2D eigenvalue weighted by molar-refractivity contribution is 0.182. The molecule has 4 nitrogen and oxygen atoms in total. The molecule has 0 aliphatic heterocycles. The molecule has 2 N–H and O–H groups in total. The molecule has 0 bridgehead atoms. The van der Waals surface area contributed by atoms with E-state index in [9.17, 15) is 8.42 Å². The normalized spacial score (nSPS) is 14.6. The molecular formula is C10H22INO3S. The Bertz CT molecular complexity index is 267. The van der Waals surface area contributed by atoms with Crippen molar-refractivity contribution in [1.82, 2.24) is 0 Å². The molecule has 0 aromatic rings. The van der Waals surface area contributed by atoms with Crippen LogP contribution in [0.4, 0.5) is 0 Å². The Balaban J connectivity index is 0. The van der Waals surface area contributed by atoms with Crippen molar-refractivity contribution in [2.75, 3.05) is 18.1 Å². The van der Waals surface area contributed by atoms with Gasteiger partial charge in [-0.15, -0.1) is 6.58 Å². The van der Waals surface area contributed by atoms with Crippen LogP contribution in [0, 0.1) is 5.92 Å². The van der Waals surface area contributed by atoms with Crippen LogP contribution in [0.1, 0.15) is 20.3 Å². The van der Waals surface area contributed by atoms with Crippen LogP contribution in [0.25, 0.3) is 0 Å². The van der Waals surface area contributed by atoms with E-state index < -0.39 is 15.3 Å².